The third-order valence-corrected chi connectivity index (χ3v) is 4.79. The quantitative estimate of drug-likeness (QED) is 0.854. The van der Waals surface area contributed by atoms with Crippen LogP contribution in [0.3, 0.4) is 0 Å². The molecule has 0 unspecified atom stereocenters. The molecule has 24 heavy (non-hydrogen) atoms. The maximum Gasteiger partial charge on any atom is 0.226 e. The van der Waals surface area contributed by atoms with Crippen LogP contribution in [0.2, 0.25) is 0 Å². The Morgan fingerprint density at radius 3 is 2.92 bits per heavy atom. The van der Waals surface area contributed by atoms with Gasteiger partial charge in [-0.05, 0) is 45.2 Å². The van der Waals surface area contributed by atoms with Gasteiger partial charge in [-0.3, -0.25) is 4.79 Å². The monoisotopic (exact) mass is 330 g/mol. The molecule has 2 aliphatic rings. The standard InChI is InChI=1S/C18H26N4O2/c1-12(2)17-15(8-10-24-17)18(23)19-14-5-4-9-22(11-14)16-7-6-13(3)20-21-16/h6-7,14-15,17H,1,4-5,8-11H2,2-3H3,(H,19,23)/t14-,15+,17+/m0/s1. The first-order valence-electron chi connectivity index (χ1n) is 8.67. The van der Waals surface area contributed by atoms with Crippen LogP contribution < -0.4 is 10.2 Å². The fraction of sp³-hybridized carbons (Fsp3) is 0.611. The van der Waals surface area contributed by atoms with Crippen molar-refractivity contribution in [3.05, 3.63) is 30.0 Å². The molecule has 6 nitrogen and oxygen atoms in total. The highest BCUT2D eigenvalue weighted by atomic mass is 16.5. The molecule has 130 valence electrons. The van der Waals surface area contributed by atoms with E-state index in [4.69, 9.17) is 4.74 Å². The van der Waals surface area contributed by atoms with Gasteiger partial charge in [0.15, 0.2) is 5.82 Å². The van der Waals surface area contributed by atoms with Gasteiger partial charge in [-0.15, -0.1) is 5.10 Å². The topological polar surface area (TPSA) is 67.3 Å². The van der Waals surface area contributed by atoms with Gasteiger partial charge in [0, 0.05) is 25.7 Å². The van der Waals surface area contributed by atoms with Crippen LogP contribution in [-0.4, -0.2) is 47.9 Å². The van der Waals surface area contributed by atoms with Crippen molar-refractivity contribution in [2.45, 2.75) is 45.3 Å². The first-order valence-corrected chi connectivity index (χ1v) is 8.67. The SMILES string of the molecule is C=C(C)[C@H]1OCC[C@H]1C(=O)N[C@H]1CCCN(c2ccc(C)nn2)C1. The number of rotatable bonds is 4. The molecule has 3 atom stereocenters. The number of aryl methyl sites for hydroxylation is 1. The highest BCUT2D eigenvalue weighted by molar-refractivity contribution is 5.80. The van der Waals surface area contributed by atoms with Crippen molar-refractivity contribution in [3.63, 3.8) is 0 Å². The number of carbonyl (C=O) groups is 1. The van der Waals surface area contributed by atoms with Crippen LogP contribution in [0.5, 0.6) is 0 Å². The maximum atomic E-state index is 12.6. The number of aromatic nitrogens is 2. The molecule has 0 spiro atoms. The van der Waals surface area contributed by atoms with E-state index >= 15 is 0 Å². The van der Waals surface area contributed by atoms with Crippen LogP contribution in [0, 0.1) is 12.8 Å². The molecule has 2 aliphatic heterocycles. The van der Waals surface area contributed by atoms with Crippen LogP contribution >= 0.6 is 0 Å². The van der Waals surface area contributed by atoms with Crippen molar-refractivity contribution in [1.29, 1.82) is 0 Å². The number of anilines is 1. The van der Waals surface area contributed by atoms with Gasteiger partial charge in [0.2, 0.25) is 5.91 Å². The number of carbonyl (C=O) groups excluding carboxylic acids is 1. The molecule has 0 aromatic carbocycles. The van der Waals surface area contributed by atoms with Crippen LogP contribution in [0.25, 0.3) is 0 Å². The number of hydrogen-bond donors (Lipinski definition) is 1. The predicted octanol–water partition coefficient (Wildman–Crippen LogP) is 1.85. The van der Waals surface area contributed by atoms with E-state index in [9.17, 15) is 4.79 Å². The Kier molecular flexibility index (Phi) is 5.14. The van der Waals surface area contributed by atoms with Gasteiger partial charge in [-0.1, -0.05) is 12.2 Å². The van der Waals surface area contributed by atoms with Crippen molar-refractivity contribution in [2.24, 2.45) is 5.92 Å². The molecule has 1 aromatic heterocycles. The Morgan fingerprint density at radius 2 is 2.21 bits per heavy atom. The van der Waals surface area contributed by atoms with Crippen molar-refractivity contribution >= 4 is 11.7 Å². The Morgan fingerprint density at radius 1 is 1.38 bits per heavy atom. The van der Waals surface area contributed by atoms with E-state index < -0.39 is 0 Å². The summed E-state index contributed by atoms with van der Waals surface area (Å²) in [6, 6.07) is 4.10. The normalized spacial score (nSPS) is 27.1. The summed E-state index contributed by atoms with van der Waals surface area (Å²) < 4.78 is 5.65. The molecular weight excluding hydrogens is 304 g/mol. The summed E-state index contributed by atoms with van der Waals surface area (Å²) in [4.78, 5) is 14.8. The van der Waals surface area contributed by atoms with E-state index in [1.54, 1.807) is 0 Å². The Hall–Kier alpha value is -1.95. The summed E-state index contributed by atoms with van der Waals surface area (Å²) in [6.45, 7) is 10.2. The second kappa shape index (κ2) is 7.30. The van der Waals surface area contributed by atoms with Gasteiger partial charge >= 0.3 is 0 Å². The number of nitrogens with zero attached hydrogens (tertiary/aromatic N) is 3. The van der Waals surface area contributed by atoms with E-state index in [2.05, 4.69) is 27.0 Å². The van der Waals surface area contributed by atoms with Crippen molar-refractivity contribution < 1.29 is 9.53 Å². The number of piperidine rings is 1. The molecule has 1 amide bonds. The second-order valence-electron chi connectivity index (χ2n) is 6.86. The van der Waals surface area contributed by atoms with Gasteiger partial charge in [0.05, 0.1) is 17.7 Å². The van der Waals surface area contributed by atoms with E-state index in [-0.39, 0.29) is 24.0 Å². The summed E-state index contributed by atoms with van der Waals surface area (Å²) in [5, 5.41) is 11.6. The van der Waals surface area contributed by atoms with Gasteiger partial charge in [-0.25, -0.2) is 0 Å². The molecular formula is C18H26N4O2. The van der Waals surface area contributed by atoms with Gasteiger partial charge in [0.1, 0.15) is 0 Å². The third-order valence-electron chi connectivity index (χ3n) is 4.79. The Balaban J connectivity index is 1.60. The highest BCUT2D eigenvalue weighted by Crippen LogP contribution is 2.26. The Bertz CT molecular complexity index is 602. The van der Waals surface area contributed by atoms with E-state index in [1.165, 1.54) is 0 Å². The number of hydrogen-bond acceptors (Lipinski definition) is 5. The number of nitrogens with one attached hydrogen (secondary N) is 1. The number of amides is 1. The summed E-state index contributed by atoms with van der Waals surface area (Å²) in [5.41, 5.74) is 1.83. The summed E-state index contributed by atoms with van der Waals surface area (Å²) in [6.07, 6.45) is 2.65. The minimum atomic E-state index is -0.146. The van der Waals surface area contributed by atoms with Crippen LogP contribution in [0.1, 0.15) is 31.9 Å². The summed E-state index contributed by atoms with van der Waals surface area (Å²) in [5.74, 6) is 0.850. The summed E-state index contributed by atoms with van der Waals surface area (Å²) in [7, 11) is 0. The van der Waals surface area contributed by atoms with Gasteiger partial charge in [0.25, 0.3) is 0 Å². The lowest BCUT2D eigenvalue weighted by molar-refractivity contribution is -0.126. The lowest BCUT2D eigenvalue weighted by Gasteiger charge is -2.34. The molecule has 1 aromatic rings. The first-order chi connectivity index (χ1) is 11.5. The summed E-state index contributed by atoms with van der Waals surface area (Å²) >= 11 is 0. The first kappa shape index (κ1) is 16.9. The van der Waals surface area contributed by atoms with E-state index in [0.717, 1.165) is 49.4 Å². The molecule has 1 N–H and O–H groups in total. The lowest BCUT2D eigenvalue weighted by Crippen LogP contribution is -2.50. The highest BCUT2D eigenvalue weighted by Gasteiger charge is 2.35. The molecule has 6 heteroatoms. The molecule has 2 fully saturated rings. The largest absolute Gasteiger partial charge is 0.373 e. The molecule has 0 aliphatic carbocycles. The second-order valence-corrected chi connectivity index (χ2v) is 6.86. The Labute approximate surface area is 143 Å². The smallest absolute Gasteiger partial charge is 0.226 e. The average Bonchev–Trinajstić information content (AvgIpc) is 3.06. The molecule has 0 saturated carbocycles. The third kappa shape index (κ3) is 3.75. The zero-order valence-electron chi connectivity index (χ0n) is 14.5. The fourth-order valence-corrected chi connectivity index (χ4v) is 3.52. The minimum Gasteiger partial charge on any atom is -0.373 e. The zero-order chi connectivity index (χ0) is 17.1. The van der Waals surface area contributed by atoms with Crippen LogP contribution in [0.15, 0.2) is 24.3 Å². The predicted molar refractivity (Wildman–Crippen MR) is 92.8 cm³/mol. The zero-order valence-corrected chi connectivity index (χ0v) is 14.5. The van der Waals surface area contributed by atoms with Crippen molar-refractivity contribution in [2.75, 3.05) is 24.6 Å². The van der Waals surface area contributed by atoms with Gasteiger partial charge in [-0.2, -0.15) is 5.10 Å². The van der Waals surface area contributed by atoms with E-state index in [0.29, 0.717) is 6.61 Å². The number of ether oxygens (including phenoxy) is 1. The van der Waals surface area contributed by atoms with Crippen LogP contribution in [-0.2, 0) is 9.53 Å². The molecule has 0 radical (unpaired) electrons. The van der Waals surface area contributed by atoms with Crippen molar-refractivity contribution in [3.8, 4) is 0 Å². The maximum absolute atomic E-state index is 12.6. The average molecular weight is 330 g/mol. The van der Waals surface area contributed by atoms with Gasteiger partial charge < -0.3 is 15.0 Å². The van der Waals surface area contributed by atoms with Crippen molar-refractivity contribution in [1.82, 2.24) is 15.5 Å². The molecule has 2 saturated heterocycles. The molecule has 3 heterocycles. The van der Waals surface area contributed by atoms with Crippen LogP contribution in [0.4, 0.5) is 5.82 Å². The minimum absolute atomic E-state index is 0.0855. The fourth-order valence-electron chi connectivity index (χ4n) is 3.52. The lowest BCUT2D eigenvalue weighted by atomic mass is 9.95. The molecule has 3 rings (SSSR count). The molecule has 0 bridgehead atoms. The van der Waals surface area contributed by atoms with E-state index in [1.807, 2.05) is 26.0 Å².